The fraction of sp³-hybridized carbons (Fsp3) is 0.760. The lowest BCUT2D eigenvalue weighted by atomic mass is 9.99. The van der Waals surface area contributed by atoms with Crippen molar-refractivity contribution in [1.29, 1.82) is 0 Å². The number of carbonyl (C=O) groups excluding carboxylic acids is 2. The van der Waals surface area contributed by atoms with Crippen molar-refractivity contribution in [3.05, 3.63) is 97.2 Å². The molecular formula is C75H131NO10. The molecule has 6 N–H and O–H groups in total. The van der Waals surface area contributed by atoms with Crippen molar-refractivity contribution in [2.75, 3.05) is 13.2 Å². The van der Waals surface area contributed by atoms with Crippen molar-refractivity contribution in [2.45, 2.75) is 352 Å². The lowest BCUT2D eigenvalue weighted by molar-refractivity contribution is -0.305. The molecule has 0 aliphatic carbocycles. The van der Waals surface area contributed by atoms with Crippen molar-refractivity contribution in [3.8, 4) is 0 Å². The van der Waals surface area contributed by atoms with E-state index in [1.807, 2.05) is 6.08 Å². The van der Waals surface area contributed by atoms with Crippen LogP contribution in [0.1, 0.15) is 303 Å². The minimum Gasteiger partial charge on any atom is -0.454 e. The Labute approximate surface area is 526 Å². The molecular weight excluding hydrogens is 1070 g/mol. The van der Waals surface area contributed by atoms with Crippen molar-refractivity contribution < 1.29 is 49.3 Å². The summed E-state index contributed by atoms with van der Waals surface area (Å²) in [6.45, 7) is 5.75. The van der Waals surface area contributed by atoms with E-state index in [1.54, 1.807) is 6.08 Å². The molecule has 1 aliphatic heterocycles. The zero-order valence-electron chi connectivity index (χ0n) is 55.2. The fourth-order valence-electron chi connectivity index (χ4n) is 10.6. The van der Waals surface area contributed by atoms with Crippen LogP contribution in [0.5, 0.6) is 0 Å². The van der Waals surface area contributed by atoms with Gasteiger partial charge in [-0.3, -0.25) is 9.59 Å². The molecule has 1 fully saturated rings. The molecule has 0 aromatic rings. The summed E-state index contributed by atoms with van der Waals surface area (Å²) in [5.74, 6) is -1.21. The summed E-state index contributed by atoms with van der Waals surface area (Å²) in [4.78, 5) is 26.7. The molecule has 1 heterocycles. The predicted molar refractivity (Wildman–Crippen MR) is 361 cm³/mol. The fourth-order valence-corrected chi connectivity index (χ4v) is 10.6. The second kappa shape index (κ2) is 61.8. The molecule has 496 valence electrons. The topological polar surface area (TPSA) is 175 Å². The van der Waals surface area contributed by atoms with Crippen LogP contribution in [0.25, 0.3) is 0 Å². The number of aliphatic hydroxyl groups excluding tert-OH is 5. The van der Waals surface area contributed by atoms with Gasteiger partial charge in [-0.25, -0.2) is 0 Å². The lowest BCUT2D eigenvalue weighted by Gasteiger charge is -2.41. The van der Waals surface area contributed by atoms with Gasteiger partial charge < -0.3 is 45.1 Å². The number of hydrogen-bond acceptors (Lipinski definition) is 10. The van der Waals surface area contributed by atoms with E-state index in [-0.39, 0.29) is 19.4 Å². The maximum atomic E-state index is 13.5. The standard InChI is InChI=1S/C75H131NO10/c1-4-7-10-13-16-19-22-25-27-29-31-33-35-37-39-41-43-45-48-51-54-57-60-63-70(80)86-73-72(82)71(81)69(64-77)85-75(73)84-65-66(67(78)61-58-55-52-49-46-24-21-18-15-12-9-6-3)76-74(83)68(79)62-59-56-53-50-47-44-42-40-38-36-34-32-30-28-26-23-20-17-14-11-8-5-2/h16-17,19-20,25-28,31-34,37,39,58,61,66-69,71-73,75,77-79,81-82H,4-15,18,21-24,29-30,35-36,38,40-57,59-60,62-65H2,1-3H3,(H,76,83)/b19-16-,20-17-,27-25-,28-26-,33-31-,34-32-,39-37-,61-58+. The first kappa shape index (κ1) is 80.6. The Hall–Kier alpha value is -3.42. The minimum absolute atomic E-state index is 0.107. The van der Waals surface area contributed by atoms with Gasteiger partial charge in [0.05, 0.1) is 25.4 Å². The molecule has 1 amide bonds. The number of unbranched alkanes of at least 4 members (excludes halogenated alkanes) is 32. The molecule has 86 heavy (non-hydrogen) atoms. The number of aliphatic hydroxyl groups is 5. The van der Waals surface area contributed by atoms with Crippen LogP contribution in [0.4, 0.5) is 0 Å². The molecule has 1 rings (SSSR count). The third-order valence-electron chi connectivity index (χ3n) is 16.2. The molecule has 8 atom stereocenters. The van der Waals surface area contributed by atoms with Gasteiger partial charge in [-0.2, -0.15) is 0 Å². The maximum Gasteiger partial charge on any atom is 0.306 e. The van der Waals surface area contributed by atoms with Crippen LogP contribution in [0.15, 0.2) is 97.2 Å². The van der Waals surface area contributed by atoms with Crippen molar-refractivity contribution >= 4 is 11.9 Å². The highest BCUT2D eigenvalue weighted by Crippen LogP contribution is 2.26. The van der Waals surface area contributed by atoms with E-state index in [4.69, 9.17) is 14.2 Å². The third-order valence-corrected chi connectivity index (χ3v) is 16.2. The van der Waals surface area contributed by atoms with Gasteiger partial charge in [-0.15, -0.1) is 0 Å². The zero-order chi connectivity index (χ0) is 62.4. The van der Waals surface area contributed by atoms with Crippen molar-refractivity contribution in [3.63, 3.8) is 0 Å². The van der Waals surface area contributed by atoms with E-state index in [1.165, 1.54) is 135 Å². The van der Waals surface area contributed by atoms with E-state index in [9.17, 15) is 35.1 Å². The van der Waals surface area contributed by atoms with E-state index in [0.717, 1.165) is 122 Å². The largest absolute Gasteiger partial charge is 0.454 e. The number of nitrogens with one attached hydrogen (secondary N) is 1. The van der Waals surface area contributed by atoms with Gasteiger partial charge in [0.1, 0.15) is 24.4 Å². The third kappa shape index (κ3) is 48.5. The quantitative estimate of drug-likeness (QED) is 0.0195. The highest BCUT2D eigenvalue weighted by atomic mass is 16.7. The first-order valence-corrected chi connectivity index (χ1v) is 35.5. The number of hydrogen-bond donors (Lipinski definition) is 6. The summed E-state index contributed by atoms with van der Waals surface area (Å²) in [6.07, 6.45) is 72.9. The molecule has 0 aromatic heterocycles. The predicted octanol–water partition coefficient (Wildman–Crippen LogP) is 18.2. The Kier molecular flexibility index (Phi) is 57.9. The summed E-state index contributed by atoms with van der Waals surface area (Å²) >= 11 is 0. The minimum atomic E-state index is -1.63. The van der Waals surface area contributed by atoms with Crippen LogP contribution in [0, 0.1) is 0 Å². The van der Waals surface area contributed by atoms with E-state index >= 15 is 0 Å². The molecule has 8 unspecified atom stereocenters. The molecule has 0 spiro atoms. The van der Waals surface area contributed by atoms with Crippen LogP contribution in [0.2, 0.25) is 0 Å². The summed E-state index contributed by atoms with van der Waals surface area (Å²) in [7, 11) is 0. The molecule has 1 saturated heterocycles. The highest BCUT2D eigenvalue weighted by Gasteiger charge is 2.47. The normalized spacial score (nSPS) is 18.9. The SMILES string of the molecule is CCCCC/C=C\C/C=C\C/C=C\C/C=C\CCCCCCCCCC(=O)OC1C(OCC(NC(=O)C(O)CCCCCCCCCCC/C=C\C/C=C\C/C=C\CCCCC)C(O)/C=C/CCCCCCCCCCCC)OC(CO)C(O)C1O. The Morgan fingerprint density at radius 3 is 1.22 bits per heavy atom. The number of amides is 1. The van der Waals surface area contributed by atoms with E-state index in [2.05, 4.69) is 111 Å². The zero-order valence-corrected chi connectivity index (χ0v) is 55.2. The Morgan fingerprint density at radius 2 is 0.802 bits per heavy atom. The van der Waals surface area contributed by atoms with Crippen LogP contribution in [0.3, 0.4) is 0 Å². The van der Waals surface area contributed by atoms with Gasteiger partial charge in [0.25, 0.3) is 0 Å². The molecule has 11 heteroatoms. The number of ether oxygens (including phenoxy) is 3. The Bertz CT molecular complexity index is 1770. The summed E-state index contributed by atoms with van der Waals surface area (Å²) in [5, 5.41) is 57.2. The molecule has 0 saturated carbocycles. The molecule has 0 bridgehead atoms. The maximum absolute atomic E-state index is 13.5. The average Bonchev–Trinajstić information content (AvgIpc) is 3.39. The monoisotopic (exact) mass is 1210 g/mol. The van der Waals surface area contributed by atoms with Crippen LogP contribution in [-0.2, 0) is 23.8 Å². The summed E-state index contributed by atoms with van der Waals surface area (Å²) in [6, 6.07) is -1.03. The van der Waals surface area contributed by atoms with Crippen molar-refractivity contribution in [1.82, 2.24) is 5.32 Å². The summed E-state index contributed by atoms with van der Waals surface area (Å²) < 4.78 is 17.7. The molecule has 1 aliphatic rings. The van der Waals surface area contributed by atoms with Gasteiger partial charge >= 0.3 is 5.97 Å². The smallest absolute Gasteiger partial charge is 0.306 e. The van der Waals surface area contributed by atoms with Crippen molar-refractivity contribution in [2.24, 2.45) is 0 Å². The second-order valence-corrected chi connectivity index (χ2v) is 24.3. The average molecular weight is 1210 g/mol. The van der Waals surface area contributed by atoms with Crippen LogP contribution < -0.4 is 5.32 Å². The van der Waals surface area contributed by atoms with Crippen LogP contribution >= 0.6 is 0 Å². The second-order valence-electron chi connectivity index (χ2n) is 24.3. The van der Waals surface area contributed by atoms with Gasteiger partial charge in [-0.1, -0.05) is 285 Å². The highest BCUT2D eigenvalue weighted by molar-refractivity contribution is 5.80. The number of esters is 1. The first-order valence-electron chi connectivity index (χ1n) is 35.5. The number of rotatable bonds is 60. The number of carbonyl (C=O) groups is 2. The van der Waals surface area contributed by atoms with Gasteiger partial charge in [0.2, 0.25) is 5.91 Å². The van der Waals surface area contributed by atoms with Gasteiger partial charge in [0.15, 0.2) is 12.4 Å². The first-order chi connectivity index (χ1) is 42.2. The van der Waals surface area contributed by atoms with Gasteiger partial charge in [0, 0.05) is 6.42 Å². The van der Waals surface area contributed by atoms with E-state index < -0.39 is 67.4 Å². The number of allylic oxidation sites excluding steroid dienone is 15. The lowest BCUT2D eigenvalue weighted by Crippen LogP contribution is -2.61. The van der Waals surface area contributed by atoms with E-state index in [0.29, 0.717) is 12.8 Å². The summed E-state index contributed by atoms with van der Waals surface area (Å²) in [5.41, 5.74) is 0. The Balaban J connectivity index is 2.60. The molecule has 11 nitrogen and oxygen atoms in total. The van der Waals surface area contributed by atoms with Crippen LogP contribution in [-0.4, -0.2) is 99.6 Å². The molecule has 0 aromatic carbocycles. The Morgan fingerprint density at radius 1 is 0.453 bits per heavy atom. The van der Waals surface area contributed by atoms with Gasteiger partial charge in [-0.05, 0) is 109 Å². The molecule has 0 radical (unpaired) electrons.